The predicted octanol–water partition coefficient (Wildman–Crippen LogP) is 2.23. The molecule has 4 heteroatoms. The Morgan fingerprint density at radius 2 is 1.93 bits per heavy atom. The largest absolute Gasteiger partial charge is 0.475 e. The Kier molecular flexibility index (Phi) is 2.17. The number of nitrogens with two attached hydrogens (primary N) is 1. The van der Waals surface area contributed by atoms with E-state index in [0.29, 0.717) is 11.4 Å². The fraction of sp³-hybridized carbons (Fsp3) is 0. The van der Waals surface area contributed by atoms with Crippen molar-refractivity contribution in [3.05, 3.63) is 42.2 Å². The van der Waals surface area contributed by atoms with Gasteiger partial charge in [-0.1, -0.05) is 30.3 Å². The van der Waals surface area contributed by atoms with Crippen molar-refractivity contribution in [1.82, 2.24) is 0 Å². The van der Waals surface area contributed by atoms with Crippen LogP contribution < -0.4 is 5.73 Å². The maximum absolute atomic E-state index is 10.6. The Labute approximate surface area is 85.9 Å². The molecule has 0 saturated carbocycles. The van der Waals surface area contributed by atoms with Gasteiger partial charge in [0.05, 0.1) is 5.69 Å². The Hall–Kier alpha value is -2.23. The van der Waals surface area contributed by atoms with Crippen LogP contribution in [0.15, 0.2) is 40.8 Å². The fourth-order valence-electron chi connectivity index (χ4n) is 1.33. The van der Waals surface area contributed by atoms with E-state index in [2.05, 4.69) is 0 Å². The summed E-state index contributed by atoms with van der Waals surface area (Å²) in [5.74, 6) is -0.872. The van der Waals surface area contributed by atoms with Gasteiger partial charge in [0.1, 0.15) is 0 Å². The second kappa shape index (κ2) is 3.49. The minimum Gasteiger partial charge on any atom is -0.475 e. The summed E-state index contributed by atoms with van der Waals surface area (Å²) in [6.45, 7) is 0. The molecule has 0 radical (unpaired) electrons. The summed E-state index contributed by atoms with van der Waals surface area (Å²) in [5, 5.41) is 8.72. The van der Waals surface area contributed by atoms with Crippen LogP contribution in [-0.2, 0) is 0 Å². The highest BCUT2D eigenvalue weighted by molar-refractivity contribution is 5.88. The van der Waals surface area contributed by atoms with Crippen LogP contribution in [0.3, 0.4) is 0 Å². The van der Waals surface area contributed by atoms with E-state index in [1.807, 2.05) is 18.2 Å². The first-order valence-corrected chi connectivity index (χ1v) is 4.36. The van der Waals surface area contributed by atoms with E-state index < -0.39 is 5.97 Å². The summed E-state index contributed by atoms with van der Waals surface area (Å²) in [5.41, 5.74) is 6.75. The normalized spacial score (nSPS) is 10.1. The molecule has 4 nitrogen and oxygen atoms in total. The number of benzene rings is 1. The number of rotatable bonds is 2. The number of carbonyl (C=O) groups is 1. The van der Waals surface area contributed by atoms with Gasteiger partial charge in [0, 0.05) is 11.6 Å². The molecule has 0 unspecified atom stereocenters. The Balaban J connectivity index is 2.50. The highest BCUT2D eigenvalue weighted by Crippen LogP contribution is 2.28. The zero-order valence-electron chi connectivity index (χ0n) is 7.81. The first-order chi connectivity index (χ1) is 7.18. The molecule has 0 aliphatic carbocycles. The van der Waals surface area contributed by atoms with Crippen LogP contribution in [0, 0.1) is 0 Å². The van der Waals surface area contributed by atoms with Gasteiger partial charge in [-0.05, 0) is 0 Å². The molecule has 0 bridgehead atoms. The Morgan fingerprint density at radius 3 is 2.47 bits per heavy atom. The number of anilines is 1. The molecule has 0 saturated heterocycles. The second-order valence-electron chi connectivity index (χ2n) is 3.07. The van der Waals surface area contributed by atoms with Crippen LogP contribution in [0.2, 0.25) is 0 Å². The van der Waals surface area contributed by atoms with E-state index in [-0.39, 0.29) is 5.76 Å². The zero-order valence-corrected chi connectivity index (χ0v) is 7.81. The lowest BCUT2D eigenvalue weighted by Crippen LogP contribution is -1.91. The number of hydrogen-bond donors (Lipinski definition) is 2. The molecule has 0 atom stereocenters. The Morgan fingerprint density at radius 1 is 1.27 bits per heavy atom. The van der Waals surface area contributed by atoms with E-state index in [0.717, 1.165) is 5.56 Å². The maximum Gasteiger partial charge on any atom is 0.371 e. The molecule has 3 N–H and O–H groups in total. The standard InChI is InChI=1S/C11H9NO3/c12-8-6-9(11(13)14)15-10(8)7-4-2-1-3-5-7/h1-6H,12H2,(H,13,14). The molecule has 0 aliphatic heterocycles. The van der Waals surface area contributed by atoms with Crippen molar-refractivity contribution >= 4 is 11.7 Å². The van der Waals surface area contributed by atoms with Crippen LogP contribution >= 0.6 is 0 Å². The number of carboxylic acid groups (broad SMARTS) is 1. The third-order valence-corrected chi connectivity index (χ3v) is 2.01. The van der Waals surface area contributed by atoms with Crippen molar-refractivity contribution < 1.29 is 14.3 Å². The zero-order chi connectivity index (χ0) is 10.8. The number of nitrogen functional groups attached to an aromatic ring is 1. The monoisotopic (exact) mass is 203 g/mol. The van der Waals surface area contributed by atoms with E-state index in [1.165, 1.54) is 6.07 Å². The molecular weight excluding hydrogens is 194 g/mol. The number of hydrogen-bond acceptors (Lipinski definition) is 3. The van der Waals surface area contributed by atoms with Crippen LogP contribution in [0.25, 0.3) is 11.3 Å². The van der Waals surface area contributed by atoms with Crippen molar-refractivity contribution in [1.29, 1.82) is 0 Å². The molecule has 76 valence electrons. The summed E-state index contributed by atoms with van der Waals surface area (Å²) in [7, 11) is 0. The Bertz CT molecular complexity index is 488. The maximum atomic E-state index is 10.6. The van der Waals surface area contributed by atoms with Crippen LogP contribution in [0.1, 0.15) is 10.6 Å². The van der Waals surface area contributed by atoms with Gasteiger partial charge in [0.25, 0.3) is 0 Å². The predicted molar refractivity (Wildman–Crippen MR) is 55.5 cm³/mol. The average molecular weight is 203 g/mol. The highest BCUT2D eigenvalue weighted by Gasteiger charge is 2.14. The first kappa shape index (κ1) is 9.33. The fourth-order valence-corrected chi connectivity index (χ4v) is 1.33. The van der Waals surface area contributed by atoms with Crippen LogP contribution in [0.5, 0.6) is 0 Å². The number of carboxylic acids is 1. The SMILES string of the molecule is Nc1cc(C(=O)O)oc1-c1ccccc1. The summed E-state index contributed by atoms with van der Waals surface area (Å²) >= 11 is 0. The molecule has 0 spiro atoms. The average Bonchev–Trinajstić information content (AvgIpc) is 2.62. The molecule has 15 heavy (non-hydrogen) atoms. The third-order valence-electron chi connectivity index (χ3n) is 2.01. The van der Waals surface area contributed by atoms with Crippen molar-refractivity contribution in [3.63, 3.8) is 0 Å². The molecule has 0 fully saturated rings. The van der Waals surface area contributed by atoms with Crippen molar-refractivity contribution in [2.75, 3.05) is 5.73 Å². The quantitative estimate of drug-likeness (QED) is 0.784. The highest BCUT2D eigenvalue weighted by atomic mass is 16.4. The minimum atomic E-state index is -1.12. The minimum absolute atomic E-state index is 0.147. The lowest BCUT2D eigenvalue weighted by Gasteiger charge is -1.96. The van der Waals surface area contributed by atoms with Crippen LogP contribution in [-0.4, -0.2) is 11.1 Å². The topological polar surface area (TPSA) is 76.5 Å². The summed E-state index contributed by atoms with van der Waals surface area (Å²) in [6, 6.07) is 10.4. The first-order valence-electron chi connectivity index (χ1n) is 4.36. The van der Waals surface area contributed by atoms with Gasteiger partial charge >= 0.3 is 5.97 Å². The molecule has 2 aromatic rings. The van der Waals surface area contributed by atoms with Gasteiger partial charge in [-0.2, -0.15) is 0 Å². The van der Waals surface area contributed by atoms with E-state index >= 15 is 0 Å². The summed E-state index contributed by atoms with van der Waals surface area (Å²) in [6.07, 6.45) is 0. The second-order valence-corrected chi connectivity index (χ2v) is 3.07. The van der Waals surface area contributed by atoms with Gasteiger partial charge in [0.2, 0.25) is 5.76 Å². The molecule has 1 aromatic carbocycles. The lowest BCUT2D eigenvalue weighted by atomic mass is 10.1. The summed E-state index contributed by atoms with van der Waals surface area (Å²) < 4.78 is 5.14. The molecule has 1 aromatic heterocycles. The molecule has 0 aliphatic rings. The third kappa shape index (κ3) is 1.69. The smallest absolute Gasteiger partial charge is 0.371 e. The van der Waals surface area contributed by atoms with E-state index in [1.54, 1.807) is 12.1 Å². The van der Waals surface area contributed by atoms with Gasteiger partial charge in [0.15, 0.2) is 5.76 Å². The van der Waals surface area contributed by atoms with Crippen LogP contribution in [0.4, 0.5) is 5.69 Å². The summed E-state index contributed by atoms with van der Waals surface area (Å²) in [4.78, 5) is 10.6. The van der Waals surface area contributed by atoms with E-state index in [9.17, 15) is 4.79 Å². The van der Waals surface area contributed by atoms with Gasteiger partial charge < -0.3 is 15.3 Å². The molecule has 0 amide bonds. The molecule has 1 heterocycles. The van der Waals surface area contributed by atoms with Gasteiger partial charge in [-0.25, -0.2) is 4.79 Å². The van der Waals surface area contributed by atoms with Crippen molar-refractivity contribution in [2.24, 2.45) is 0 Å². The van der Waals surface area contributed by atoms with E-state index in [4.69, 9.17) is 15.3 Å². The molecular formula is C11H9NO3. The molecule has 2 rings (SSSR count). The van der Waals surface area contributed by atoms with Crippen molar-refractivity contribution in [3.8, 4) is 11.3 Å². The van der Waals surface area contributed by atoms with Crippen molar-refractivity contribution in [2.45, 2.75) is 0 Å². The van der Waals surface area contributed by atoms with Gasteiger partial charge in [-0.3, -0.25) is 0 Å². The number of aromatic carboxylic acids is 1. The number of furan rings is 1. The lowest BCUT2D eigenvalue weighted by molar-refractivity contribution is 0.0663. The van der Waals surface area contributed by atoms with Gasteiger partial charge in [-0.15, -0.1) is 0 Å².